The third-order valence-electron chi connectivity index (χ3n) is 3.15. The Kier molecular flexibility index (Phi) is 5.41. The Labute approximate surface area is 127 Å². The first-order valence-electron chi connectivity index (χ1n) is 7.21. The molecule has 0 bridgehead atoms. The summed E-state index contributed by atoms with van der Waals surface area (Å²) in [4.78, 5) is 23.6. The van der Waals surface area contributed by atoms with Crippen molar-refractivity contribution in [2.45, 2.75) is 26.3 Å². The Hall–Kier alpha value is -2.50. The molecule has 0 atom stereocenters. The monoisotopic (exact) mass is 303 g/mol. The summed E-state index contributed by atoms with van der Waals surface area (Å²) in [5, 5.41) is 6.78. The van der Waals surface area contributed by atoms with E-state index in [2.05, 4.69) is 10.4 Å². The number of nitrogens with one attached hydrogen (secondary N) is 1. The van der Waals surface area contributed by atoms with E-state index in [9.17, 15) is 14.0 Å². The molecule has 6 heteroatoms. The zero-order chi connectivity index (χ0) is 15.9. The molecule has 0 unspecified atom stereocenters. The molecule has 0 spiro atoms. The first-order valence-corrected chi connectivity index (χ1v) is 7.21. The van der Waals surface area contributed by atoms with Gasteiger partial charge in [0.1, 0.15) is 11.5 Å². The maximum Gasteiger partial charge on any atom is 0.271 e. The van der Waals surface area contributed by atoms with Gasteiger partial charge in [-0.3, -0.25) is 9.59 Å². The number of rotatable bonds is 6. The molecule has 2 rings (SSSR count). The fraction of sp³-hybridized carbons (Fsp3) is 0.312. The van der Waals surface area contributed by atoms with Gasteiger partial charge in [-0.2, -0.15) is 5.10 Å². The van der Waals surface area contributed by atoms with Crippen LogP contribution in [0.1, 0.15) is 29.4 Å². The van der Waals surface area contributed by atoms with Gasteiger partial charge in [0, 0.05) is 19.2 Å². The van der Waals surface area contributed by atoms with E-state index in [0.29, 0.717) is 19.5 Å². The second-order valence-corrected chi connectivity index (χ2v) is 4.91. The minimum Gasteiger partial charge on any atom is -0.350 e. The minimum atomic E-state index is -0.327. The number of carbonyl (C=O) groups is 1. The third-order valence-corrected chi connectivity index (χ3v) is 3.15. The van der Waals surface area contributed by atoms with Crippen LogP contribution in [-0.2, 0) is 13.0 Å². The number of halogens is 1. The lowest BCUT2D eigenvalue weighted by Gasteiger charge is -2.07. The summed E-state index contributed by atoms with van der Waals surface area (Å²) >= 11 is 0. The fourth-order valence-electron chi connectivity index (χ4n) is 2.00. The van der Waals surface area contributed by atoms with Gasteiger partial charge in [-0.15, -0.1) is 0 Å². The number of amides is 1. The Bertz CT molecular complexity index is 695. The lowest BCUT2D eigenvalue weighted by molar-refractivity contribution is 0.0946. The predicted molar refractivity (Wildman–Crippen MR) is 81.2 cm³/mol. The van der Waals surface area contributed by atoms with Crippen LogP contribution in [0.3, 0.4) is 0 Å². The van der Waals surface area contributed by atoms with Crippen molar-refractivity contribution in [1.29, 1.82) is 0 Å². The highest BCUT2D eigenvalue weighted by atomic mass is 19.1. The number of aryl methyl sites for hydroxylation is 1. The number of aromatic nitrogens is 2. The zero-order valence-corrected chi connectivity index (χ0v) is 12.4. The van der Waals surface area contributed by atoms with E-state index in [4.69, 9.17) is 0 Å². The average Bonchev–Trinajstić information content (AvgIpc) is 2.51. The Morgan fingerprint density at radius 3 is 2.64 bits per heavy atom. The van der Waals surface area contributed by atoms with Crippen LogP contribution in [-0.4, -0.2) is 22.2 Å². The smallest absolute Gasteiger partial charge is 0.271 e. The summed E-state index contributed by atoms with van der Waals surface area (Å²) in [6, 6.07) is 8.90. The SMILES string of the molecule is CCCn1nc(C(=O)NCCc2ccc(F)cc2)ccc1=O. The van der Waals surface area contributed by atoms with Gasteiger partial charge >= 0.3 is 0 Å². The van der Waals surface area contributed by atoms with Gasteiger partial charge in [0.25, 0.3) is 11.5 Å². The summed E-state index contributed by atoms with van der Waals surface area (Å²) in [7, 11) is 0. The van der Waals surface area contributed by atoms with Crippen molar-refractivity contribution in [1.82, 2.24) is 15.1 Å². The van der Waals surface area contributed by atoms with E-state index in [1.807, 2.05) is 6.92 Å². The molecule has 116 valence electrons. The van der Waals surface area contributed by atoms with Gasteiger partial charge in [0.05, 0.1) is 0 Å². The van der Waals surface area contributed by atoms with Crippen LogP contribution >= 0.6 is 0 Å². The topological polar surface area (TPSA) is 64.0 Å². The fourth-order valence-corrected chi connectivity index (χ4v) is 2.00. The largest absolute Gasteiger partial charge is 0.350 e. The van der Waals surface area contributed by atoms with Crippen LogP contribution in [0.25, 0.3) is 0 Å². The predicted octanol–water partition coefficient (Wildman–Crippen LogP) is 1.76. The molecule has 1 amide bonds. The van der Waals surface area contributed by atoms with Crippen LogP contribution in [0.15, 0.2) is 41.2 Å². The van der Waals surface area contributed by atoms with Crippen LogP contribution in [0.5, 0.6) is 0 Å². The number of carbonyl (C=O) groups excluding carboxylic acids is 1. The summed E-state index contributed by atoms with van der Waals surface area (Å²) in [6.07, 6.45) is 1.36. The molecule has 1 aromatic heterocycles. The van der Waals surface area contributed by atoms with Gasteiger partial charge < -0.3 is 5.32 Å². The van der Waals surface area contributed by atoms with Gasteiger partial charge in [-0.25, -0.2) is 9.07 Å². The van der Waals surface area contributed by atoms with Crippen molar-refractivity contribution >= 4 is 5.91 Å². The molecule has 1 N–H and O–H groups in total. The second kappa shape index (κ2) is 7.49. The molecular weight excluding hydrogens is 285 g/mol. The Balaban J connectivity index is 1.93. The van der Waals surface area contributed by atoms with Crippen LogP contribution < -0.4 is 10.9 Å². The van der Waals surface area contributed by atoms with Crippen LogP contribution in [0.4, 0.5) is 4.39 Å². The van der Waals surface area contributed by atoms with E-state index in [0.717, 1.165) is 12.0 Å². The van der Waals surface area contributed by atoms with Crippen molar-refractivity contribution in [3.05, 3.63) is 63.8 Å². The Morgan fingerprint density at radius 1 is 1.23 bits per heavy atom. The van der Waals surface area contributed by atoms with Gasteiger partial charge in [0.15, 0.2) is 0 Å². The normalized spacial score (nSPS) is 10.5. The molecule has 0 aliphatic carbocycles. The first-order chi connectivity index (χ1) is 10.6. The molecule has 1 aromatic carbocycles. The molecular formula is C16H18FN3O2. The van der Waals surface area contributed by atoms with Gasteiger partial charge in [0.2, 0.25) is 0 Å². The molecule has 0 aliphatic heterocycles. The molecule has 0 saturated heterocycles. The highest BCUT2D eigenvalue weighted by Crippen LogP contribution is 2.03. The van der Waals surface area contributed by atoms with Gasteiger partial charge in [-0.05, 0) is 36.6 Å². The van der Waals surface area contributed by atoms with Gasteiger partial charge in [-0.1, -0.05) is 19.1 Å². The molecule has 1 heterocycles. The summed E-state index contributed by atoms with van der Waals surface area (Å²) in [6.45, 7) is 2.83. The van der Waals surface area contributed by atoms with E-state index < -0.39 is 0 Å². The van der Waals surface area contributed by atoms with E-state index in [1.165, 1.54) is 28.9 Å². The van der Waals surface area contributed by atoms with E-state index >= 15 is 0 Å². The average molecular weight is 303 g/mol. The minimum absolute atomic E-state index is 0.215. The number of hydrogen-bond donors (Lipinski definition) is 1. The maximum absolute atomic E-state index is 12.8. The highest BCUT2D eigenvalue weighted by Gasteiger charge is 2.08. The van der Waals surface area contributed by atoms with Crippen molar-refractivity contribution in [2.24, 2.45) is 0 Å². The number of nitrogens with zero attached hydrogens (tertiary/aromatic N) is 2. The van der Waals surface area contributed by atoms with Crippen molar-refractivity contribution in [3.63, 3.8) is 0 Å². The maximum atomic E-state index is 12.8. The van der Waals surface area contributed by atoms with E-state index in [1.54, 1.807) is 12.1 Å². The van der Waals surface area contributed by atoms with Crippen molar-refractivity contribution < 1.29 is 9.18 Å². The number of hydrogen-bond acceptors (Lipinski definition) is 3. The third kappa shape index (κ3) is 4.25. The quantitative estimate of drug-likeness (QED) is 0.884. The molecule has 0 radical (unpaired) electrons. The molecule has 2 aromatic rings. The highest BCUT2D eigenvalue weighted by molar-refractivity contribution is 5.91. The zero-order valence-electron chi connectivity index (χ0n) is 12.4. The van der Waals surface area contributed by atoms with Crippen LogP contribution in [0, 0.1) is 5.82 Å². The summed E-state index contributed by atoms with van der Waals surface area (Å²) in [5.74, 6) is -0.609. The molecule has 0 fully saturated rings. The molecule has 0 aliphatic rings. The van der Waals surface area contributed by atoms with E-state index in [-0.39, 0.29) is 23.0 Å². The number of benzene rings is 1. The molecule has 0 saturated carbocycles. The standard InChI is InChI=1S/C16H18FN3O2/c1-2-11-20-15(21)8-7-14(19-20)16(22)18-10-9-12-3-5-13(17)6-4-12/h3-8H,2,9-11H2,1H3,(H,18,22). The lowest BCUT2D eigenvalue weighted by atomic mass is 10.1. The Morgan fingerprint density at radius 2 is 1.95 bits per heavy atom. The lowest BCUT2D eigenvalue weighted by Crippen LogP contribution is -2.30. The summed E-state index contributed by atoms with van der Waals surface area (Å²) < 4.78 is 14.1. The van der Waals surface area contributed by atoms with Crippen LogP contribution in [0.2, 0.25) is 0 Å². The molecule has 22 heavy (non-hydrogen) atoms. The molecule has 5 nitrogen and oxygen atoms in total. The summed E-state index contributed by atoms with van der Waals surface area (Å²) in [5.41, 5.74) is 0.933. The van der Waals surface area contributed by atoms with Crippen molar-refractivity contribution in [3.8, 4) is 0 Å². The second-order valence-electron chi connectivity index (χ2n) is 4.91. The first kappa shape index (κ1) is 15.9. The van der Waals surface area contributed by atoms with Crippen molar-refractivity contribution in [2.75, 3.05) is 6.54 Å².